The molecule has 0 atom stereocenters. The molecular weight excluding hydrogens is 278 g/mol. The summed E-state index contributed by atoms with van der Waals surface area (Å²) >= 11 is 1.34. The number of hydrogen-bond acceptors (Lipinski definition) is 7. The van der Waals surface area contributed by atoms with Crippen LogP contribution in [0.15, 0.2) is 46.1 Å². The van der Waals surface area contributed by atoms with Gasteiger partial charge in [0.1, 0.15) is 27.6 Å². The van der Waals surface area contributed by atoms with E-state index < -0.39 is 0 Å². The SMILES string of the molecule is NC(=NO)c1cccc(Sc2ncnc3nc[nH]c23)n1. The van der Waals surface area contributed by atoms with Gasteiger partial charge >= 0.3 is 0 Å². The highest BCUT2D eigenvalue weighted by molar-refractivity contribution is 7.99. The van der Waals surface area contributed by atoms with E-state index in [2.05, 4.69) is 30.1 Å². The first-order valence-electron chi connectivity index (χ1n) is 5.55. The highest BCUT2D eigenvalue weighted by Gasteiger charge is 2.09. The van der Waals surface area contributed by atoms with Gasteiger partial charge in [0.2, 0.25) is 0 Å². The van der Waals surface area contributed by atoms with Gasteiger partial charge in [0.05, 0.1) is 6.33 Å². The minimum absolute atomic E-state index is 0.0400. The van der Waals surface area contributed by atoms with E-state index in [0.29, 0.717) is 21.4 Å². The molecule has 0 unspecified atom stereocenters. The van der Waals surface area contributed by atoms with Crippen LogP contribution in [0.25, 0.3) is 11.2 Å². The summed E-state index contributed by atoms with van der Waals surface area (Å²) in [5.41, 5.74) is 7.25. The number of pyridine rings is 1. The van der Waals surface area contributed by atoms with Crippen LogP contribution in [0, 0.1) is 0 Å². The summed E-state index contributed by atoms with van der Waals surface area (Å²) in [5, 5.41) is 13.0. The topological polar surface area (TPSA) is 126 Å². The van der Waals surface area contributed by atoms with Crippen molar-refractivity contribution in [3.8, 4) is 0 Å². The maximum atomic E-state index is 8.66. The summed E-state index contributed by atoms with van der Waals surface area (Å²) in [6.07, 6.45) is 3.00. The fraction of sp³-hybridized carbons (Fsp3) is 0. The molecule has 20 heavy (non-hydrogen) atoms. The molecule has 0 spiro atoms. The van der Waals surface area contributed by atoms with E-state index in [-0.39, 0.29) is 5.84 Å². The second kappa shape index (κ2) is 5.13. The summed E-state index contributed by atoms with van der Waals surface area (Å²) in [4.78, 5) is 19.6. The summed E-state index contributed by atoms with van der Waals surface area (Å²) in [7, 11) is 0. The number of nitrogens with two attached hydrogens (primary N) is 1. The predicted octanol–water partition coefficient (Wildman–Crippen LogP) is 0.994. The van der Waals surface area contributed by atoms with Gasteiger partial charge in [0.15, 0.2) is 11.5 Å². The van der Waals surface area contributed by atoms with Crippen LogP contribution in [-0.4, -0.2) is 36.0 Å². The number of hydrogen-bond donors (Lipinski definition) is 3. The molecule has 0 saturated carbocycles. The zero-order chi connectivity index (χ0) is 13.9. The number of fused-ring (bicyclic) bond motifs is 1. The number of H-pyrrole nitrogens is 1. The van der Waals surface area contributed by atoms with Gasteiger partial charge in [-0.2, -0.15) is 0 Å². The van der Waals surface area contributed by atoms with Gasteiger partial charge in [0.25, 0.3) is 0 Å². The average molecular weight is 287 g/mol. The summed E-state index contributed by atoms with van der Waals surface area (Å²) in [5.74, 6) is -0.0400. The van der Waals surface area contributed by atoms with Crippen LogP contribution in [0.3, 0.4) is 0 Å². The second-order valence-electron chi connectivity index (χ2n) is 3.73. The van der Waals surface area contributed by atoms with E-state index in [0.717, 1.165) is 5.52 Å². The third-order valence-electron chi connectivity index (χ3n) is 2.48. The number of nitrogens with one attached hydrogen (secondary N) is 1. The molecule has 3 aromatic rings. The van der Waals surface area contributed by atoms with Crippen LogP contribution in [0.1, 0.15) is 5.69 Å². The maximum Gasteiger partial charge on any atom is 0.188 e. The number of oxime groups is 1. The van der Waals surface area contributed by atoms with Gasteiger partial charge in [-0.25, -0.2) is 19.9 Å². The lowest BCUT2D eigenvalue weighted by Crippen LogP contribution is -2.14. The van der Waals surface area contributed by atoms with Crippen LogP contribution >= 0.6 is 11.8 Å². The molecule has 0 aliphatic heterocycles. The zero-order valence-electron chi connectivity index (χ0n) is 10.1. The lowest BCUT2D eigenvalue weighted by Gasteiger charge is -2.03. The van der Waals surface area contributed by atoms with Gasteiger partial charge in [-0.05, 0) is 23.9 Å². The van der Waals surface area contributed by atoms with Gasteiger partial charge in [-0.3, -0.25) is 0 Å². The first kappa shape index (κ1) is 12.4. The first-order chi connectivity index (χ1) is 9.78. The molecule has 0 saturated heterocycles. The minimum Gasteiger partial charge on any atom is -0.409 e. The number of amidine groups is 1. The van der Waals surface area contributed by atoms with Crippen molar-refractivity contribution in [3.05, 3.63) is 36.5 Å². The fourth-order valence-corrected chi connectivity index (χ4v) is 2.43. The Bertz CT molecular complexity index is 785. The van der Waals surface area contributed by atoms with Crippen LogP contribution in [0.4, 0.5) is 0 Å². The number of imidazole rings is 1. The molecule has 4 N–H and O–H groups in total. The highest BCUT2D eigenvalue weighted by Crippen LogP contribution is 2.28. The van der Waals surface area contributed by atoms with Crippen molar-refractivity contribution in [1.29, 1.82) is 0 Å². The van der Waals surface area contributed by atoms with Crippen molar-refractivity contribution in [2.45, 2.75) is 10.1 Å². The third kappa shape index (κ3) is 2.26. The van der Waals surface area contributed by atoms with E-state index in [1.54, 1.807) is 18.5 Å². The van der Waals surface area contributed by atoms with Crippen LogP contribution in [-0.2, 0) is 0 Å². The van der Waals surface area contributed by atoms with Crippen molar-refractivity contribution in [1.82, 2.24) is 24.9 Å². The summed E-state index contributed by atoms with van der Waals surface area (Å²) in [6.45, 7) is 0. The lowest BCUT2D eigenvalue weighted by molar-refractivity contribution is 0.318. The Kier molecular flexibility index (Phi) is 3.17. The van der Waals surface area contributed by atoms with E-state index >= 15 is 0 Å². The highest BCUT2D eigenvalue weighted by atomic mass is 32.2. The smallest absolute Gasteiger partial charge is 0.188 e. The first-order valence-corrected chi connectivity index (χ1v) is 6.36. The number of nitrogens with zero attached hydrogens (tertiary/aromatic N) is 5. The second-order valence-corrected chi connectivity index (χ2v) is 4.74. The van der Waals surface area contributed by atoms with E-state index in [4.69, 9.17) is 10.9 Å². The Hall–Kier alpha value is -2.68. The summed E-state index contributed by atoms with van der Waals surface area (Å²) in [6, 6.07) is 5.24. The molecule has 3 rings (SSSR count). The molecule has 0 amide bonds. The summed E-state index contributed by atoms with van der Waals surface area (Å²) < 4.78 is 0. The Morgan fingerprint density at radius 1 is 1.30 bits per heavy atom. The van der Waals surface area contributed by atoms with E-state index in [1.807, 2.05) is 6.07 Å². The molecule has 3 aromatic heterocycles. The third-order valence-corrected chi connectivity index (χ3v) is 3.42. The van der Waals surface area contributed by atoms with Crippen molar-refractivity contribution < 1.29 is 5.21 Å². The van der Waals surface area contributed by atoms with E-state index in [9.17, 15) is 0 Å². The molecule has 3 heterocycles. The van der Waals surface area contributed by atoms with Gasteiger partial charge in [0, 0.05) is 0 Å². The van der Waals surface area contributed by atoms with Gasteiger partial charge in [-0.15, -0.1) is 0 Å². The molecule has 0 aromatic carbocycles. The van der Waals surface area contributed by atoms with Crippen LogP contribution < -0.4 is 5.73 Å². The van der Waals surface area contributed by atoms with Crippen molar-refractivity contribution in [2.24, 2.45) is 10.9 Å². The molecule has 100 valence electrons. The molecular formula is C11H9N7OS. The van der Waals surface area contributed by atoms with Gasteiger partial charge < -0.3 is 15.9 Å². The quantitative estimate of drug-likeness (QED) is 0.215. The lowest BCUT2D eigenvalue weighted by atomic mass is 10.3. The predicted molar refractivity (Wildman–Crippen MR) is 72.6 cm³/mol. The Balaban J connectivity index is 1.97. The molecule has 8 nitrogen and oxygen atoms in total. The minimum atomic E-state index is -0.0400. The number of rotatable bonds is 3. The maximum absolute atomic E-state index is 8.66. The van der Waals surface area contributed by atoms with Crippen molar-refractivity contribution >= 4 is 28.8 Å². The van der Waals surface area contributed by atoms with Gasteiger partial charge in [-0.1, -0.05) is 11.2 Å². The van der Waals surface area contributed by atoms with Crippen LogP contribution in [0.5, 0.6) is 0 Å². The number of aromatic amines is 1. The zero-order valence-corrected chi connectivity index (χ0v) is 10.9. The normalized spacial score (nSPS) is 11.9. The Labute approximate surface area is 117 Å². The Morgan fingerprint density at radius 2 is 2.20 bits per heavy atom. The van der Waals surface area contributed by atoms with Crippen LogP contribution in [0.2, 0.25) is 0 Å². The fourth-order valence-electron chi connectivity index (χ4n) is 1.58. The Morgan fingerprint density at radius 3 is 3.05 bits per heavy atom. The molecule has 0 aliphatic carbocycles. The van der Waals surface area contributed by atoms with Crippen molar-refractivity contribution in [3.63, 3.8) is 0 Å². The molecule has 0 radical (unpaired) electrons. The molecule has 0 bridgehead atoms. The molecule has 0 aliphatic rings. The molecule has 9 heteroatoms. The van der Waals surface area contributed by atoms with E-state index in [1.165, 1.54) is 18.1 Å². The monoisotopic (exact) mass is 287 g/mol. The largest absolute Gasteiger partial charge is 0.409 e. The standard InChI is InChI=1S/C11H9N7OS/c12-9(18-19)6-2-1-3-7(17-6)20-11-8-10(14-4-13-8)15-5-16-11/h1-5,19H,(H2,12,18)(H,13,14,15,16). The van der Waals surface area contributed by atoms with Crippen molar-refractivity contribution in [2.75, 3.05) is 0 Å². The molecule has 0 fully saturated rings. The average Bonchev–Trinajstić information content (AvgIpc) is 2.96. The number of aromatic nitrogens is 5.